The maximum absolute atomic E-state index is 11.6. The minimum absolute atomic E-state index is 0. The summed E-state index contributed by atoms with van der Waals surface area (Å²) in [7, 11) is 0. The van der Waals surface area contributed by atoms with Crippen LogP contribution in [0.4, 0.5) is 0 Å². The smallest absolute Gasteiger partial charge is 0.174 e. The van der Waals surface area contributed by atoms with Crippen LogP contribution >= 0.6 is 39.0 Å². The van der Waals surface area contributed by atoms with Crippen LogP contribution in [0, 0.1) is 0 Å². The summed E-state index contributed by atoms with van der Waals surface area (Å²) in [6.07, 6.45) is 2.66. The molecule has 1 rings (SSSR count). The van der Waals surface area contributed by atoms with E-state index in [4.69, 9.17) is 0 Å². The highest BCUT2D eigenvalue weighted by molar-refractivity contribution is 9.11. The highest BCUT2D eigenvalue weighted by Gasteiger charge is 2.07. The fraction of sp³-hybridized carbons (Fsp3) is 0.583. The predicted molar refractivity (Wildman–Crippen MR) is 85.7 cm³/mol. The van der Waals surface area contributed by atoms with E-state index in [2.05, 4.69) is 27.5 Å². The van der Waals surface area contributed by atoms with Crippen molar-refractivity contribution in [3.05, 3.63) is 20.8 Å². The molecule has 0 unspecified atom stereocenters. The van der Waals surface area contributed by atoms with Crippen molar-refractivity contribution in [1.29, 1.82) is 0 Å². The Morgan fingerprint density at radius 1 is 1.41 bits per heavy atom. The normalized spacial score (nSPS) is 9.29. The van der Waals surface area contributed by atoms with Crippen molar-refractivity contribution in [2.45, 2.75) is 21.3 Å². The van der Waals surface area contributed by atoms with E-state index in [9.17, 15) is 4.79 Å². The van der Waals surface area contributed by atoms with Crippen molar-refractivity contribution in [2.24, 2.45) is 0 Å². The molecule has 1 N–H and O–H groups in total. The van der Waals surface area contributed by atoms with Crippen LogP contribution in [0.25, 0.3) is 0 Å². The van der Waals surface area contributed by atoms with E-state index < -0.39 is 0 Å². The fourth-order valence-corrected chi connectivity index (χ4v) is 2.79. The zero-order chi connectivity index (χ0) is 11.1. The monoisotopic (exact) mass is 339 g/mol. The van der Waals surface area contributed by atoms with E-state index >= 15 is 0 Å². The molecule has 17 heavy (non-hydrogen) atoms. The minimum atomic E-state index is 0. The predicted octanol–water partition coefficient (Wildman–Crippen LogP) is 4.31. The number of Topliss-reactive ketones (excluding diaryl/α,β-unsaturated/α-hetero) is 1. The number of hydrogen-bond acceptors (Lipinski definition) is 4. The van der Waals surface area contributed by atoms with Crippen LogP contribution in [-0.2, 0) is 0 Å². The summed E-state index contributed by atoms with van der Waals surface area (Å²) in [5, 5.41) is 3.25. The topological polar surface area (TPSA) is 29.1 Å². The minimum Gasteiger partial charge on any atom is -0.315 e. The Kier molecular flexibility index (Phi) is 12.9. The van der Waals surface area contributed by atoms with Crippen LogP contribution in [0.1, 0.15) is 30.9 Å². The Morgan fingerprint density at radius 3 is 2.65 bits per heavy atom. The second-order valence-corrected chi connectivity index (χ2v) is 6.47. The fourth-order valence-electron chi connectivity index (χ4n) is 1.09. The summed E-state index contributed by atoms with van der Waals surface area (Å²) >= 11 is 6.66. The van der Waals surface area contributed by atoms with Gasteiger partial charge in [-0.2, -0.15) is 11.8 Å². The van der Waals surface area contributed by atoms with Crippen molar-refractivity contribution in [3.63, 3.8) is 0 Å². The lowest BCUT2D eigenvalue weighted by Gasteiger charge is -2.01. The van der Waals surface area contributed by atoms with Gasteiger partial charge in [-0.3, -0.25) is 4.79 Å². The number of carbonyl (C=O) groups is 1. The standard InChI is InChI=1S/C10H14BrNOS2.2CH4/c1-14-7-6-12-5-4-8(13)9-2-3-10(11)15-9;;/h2-3,12H,4-7H2,1H3;2*1H4. The van der Waals surface area contributed by atoms with Crippen molar-refractivity contribution in [1.82, 2.24) is 5.32 Å². The molecule has 0 atom stereocenters. The molecule has 0 spiro atoms. The van der Waals surface area contributed by atoms with E-state index in [1.807, 2.05) is 23.9 Å². The maximum Gasteiger partial charge on any atom is 0.174 e. The molecule has 100 valence electrons. The highest BCUT2D eigenvalue weighted by atomic mass is 79.9. The SMILES string of the molecule is C.C.CSCCNCCC(=O)c1ccc(Br)s1. The molecule has 0 aliphatic heterocycles. The Balaban J connectivity index is 0. The molecule has 0 fully saturated rings. The Bertz CT molecular complexity index is 315. The van der Waals surface area contributed by atoms with Crippen molar-refractivity contribution in [3.8, 4) is 0 Å². The Labute approximate surface area is 122 Å². The van der Waals surface area contributed by atoms with Crippen molar-refractivity contribution < 1.29 is 4.79 Å². The third-order valence-electron chi connectivity index (χ3n) is 1.86. The number of halogens is 1. The van der Waals surface area contributed by atoms with Gasteiger partial charge < -0.3 is 5.32 Å². The van der Waals surface area contributed by atoms with Crippen molar-refractivity contribution in [2.75, 3.05) is 25.1 Å². The number of nitrogens with one attached hydrogen (secondary N) is 1. The van der Waals surface area contributed by atoms with Gasteiger partial charge in [-0.1, -0.05) is 14.9 Å². The highest BCUT2D eigenvalue weighted by Crippen LogP contribution is 2.22. The van der Waals surface area contributed by atoms with Gasteiger partial charge in [0.25, 0.3) is 0 Å². The van der Waals surface area contributed by atoms with Crippen LogP contribution in [0.3, 0.4) is 0 Å². The molecule has 0 aliphatic rings. The summed E-state index contributed by atoms with van der Waals surface area (Å²) in [6.45, 7) is 1.75. The summed E-state index contributed by atoms with van der Waals surface area (Å²) < 4.78 is 1.01. The van der Waals surface area contributed by atoms with Crippen LogP contribution in [0.15, 0.2) is 15.9 Å². The number of thiophene rings is 1. The Morgan fingerprint density at radius 2 is 2.12 bits per heavy atom. The lowest BCUT2D eigenvalue weighted by molar-refractivity contribution is 0.0986. The Hall–Kier alpha value is 0.160. The maximum atomic E-state index is 11.6. The van der Waals surface area contributed by atoms with Gasteiger partial charge in [-0.15, -0.1) is 11.3 Å². The average Bonchev–Trinajstić information content (AvgIpc) is 2.64. The van der Waals surface area contributed by atoms with Gasteiger partial charge in [0.05, 0.1) is 8.66 Å². The van der Waals surface area contributed by atoms with Crippen LogP contribution < -0.4 is 5.32 Å². The number of rotatable bonds is 7. The molecule has 0 aromatic carbocycles. The zero-order valence-electron chi connectivity index (χ0n) is 8.59. The summed E-state index contributed by atoms with van der Waals surface area (Å²) in [5.74, 6) is 1.32. The summed E-state index contributed by atoms with van der Waals surface area (Å²) in [6, 6.07) is 3.79. The number of ketones is 1. The molecule has 0 saturated carbocycles. The first-order valence-corrected chi connectivity index (χ1v) is 7.72. The molecule has 0 bridgehead atoms. The van der Waals surface area contributed by atoms with Crippen LogP contribution in [0.5, 0.6) is 0 Å². The molecule has 0 saturated heterocycles. The average molecular weight is 340 g/mol. The van der Waals surface area contributed by atoms with Crippen LogP contribution in [-0.4, -0.2) is 30.9 Å². The first-order valence-electron chi connectivity index (χ1n) is 4.72. The van der Waals surface area contributed by atoms with E-state index in [0.717, 1.165) is 27.5 Å². The lowest BCUT2D eigenvalue weighted by Crippen LogP contribution is -2.20. The molecule has 0 amide bonds. The van der Waals surface area contributed by atoms with E-state index in [-0.39, 0.29) is 20.6 Å². The summed E-state index contributed by atoms with van der Waals surface area (Å²) in [4.78, 5) is 12.5. The first-order chi connectivity index (χ1) is 7.24. The molecule has 0 radical (unpaired) electrons. The number of hydrogen-bond donors (Lipinski definition) is 1. The van der Waals surface area contributed by atoms with E-state index in [1.54, 1.807) is 0 Å². The second kappa shape index (κ2) is 11.3. The van der Waals surface area contributed by atoms with Gasteiger partial charge >= 0.3 is 0 Å². The van der Waals surface area contributed by atoms with E-state index in [1.165, 1.54) is 11.3 Å². The number of thioether (sulfide) groups is 1. The molecule has 5 heteroatoms. The molecule has 0 aliphatic carbocycles. The van der Waals surface area contributed by atoms with Gasteiger partial charge in [-0.25, -0.2) is 0 Å². The quantitative estimate of drug-likeness (QED) is 0.592. The lowest BCUT2D eigenvalue weighted by atomic mass is 10.2. The van der Waals surface area contributed by atoms with Gasteiger partial charge in [0, 0.05) is 25.3 Å². The zero-order valence-corrected chi connectivity index (χ0v) is 11.8. The van der Waals surface area contributed by atoms with Gasteiger partial charge in [0.2, 0.25) is 0 Å². The largest absolute Gasteiger partial charge is 0.315 e. The van der Waals surface area contributed by atoms with E-state index in [0.29, 0.717) is 6.42 Å². The number of carbonyl (C=O) groups excluding carboxylic acids is 1. The molecule has 2 nitrogen and oxygen atoms in total. The summed E-state index contributed by atoms with van der Waals surface area (Å²) in [5.41, 5.74) is 0. The third kappa shape index (κ3) is 7.97. The van der Waals surface area contributed by atoms with Gasteiger partial charge in [-0.05, 0) is 34.3 Å². The molecular formula is C12H22BrNOS2. The third-order valence-corrected chi connectivity index (χ3v) is 4.14. The van der Waals surface area contributed by atoms with Gasteiger partial charge in [0.1, 0.15) is 0 Å². The molecular weight excluding hydrogens is 318 g/mol. The first kappa shape index (κ1) is 19.5. The van der Waals surface area contributed by atoms with Gasteiger partial charge in [0.15, 0.2) is 5.78 Å². The molecule has 1 aromatic rings. The van der Waals surface area contributed by atoms with Crippen molar-refractivity contribution >= 4 is 44.8 Å². The molecule has 1 heterocycles. The second-order valence-electron chi connectivity index (χ2n) is 3.02. The van der Waals surface area contributed by atoms with Crippen LogP contribution in [0.2, 0.25) is 0 Å². The molecule has 1 aromatic heterocycles.